The van der Waals surface area contributed by atoms with E-state index in [0.717, 1.165) is 24.0 Å². The Balaban J connectivity index is 0.00000114. The van der Waals surface area contributed by atoms with Crippen molar-refractivity contribution in [2.75, 3.05) is 28.3 Å². The summed E-state index contributed by atoms with van der Waals surface area (Å²) in [7, 11) is 6.81. The third-order valence-electron chi connectivity index (χ3n) is 12.1. The molecule has 2 aromatic rings. The molecular formula is C56H92N2O13. The van der Waals surface area contributed by atoms with Gasteiger partial charge in [0.05, 0.1) is 55.8 Å². The maximum absolute atomic E-state index is 13.6. The van der Waals surface area contributed by atoms with Gasteiger partial charge in [0, 0.05) is 27.3 Å². The molecule has 0 aliphatic rings. The van der Waals surface area contributed by atoms with Crippen LogP contribution in [0.4, 0.5) is 0 Å². The topological polar surface area (TPSA) is 193 Å². The molecule has 0 saturated heterocycles. The van der Waals surface area contributed by atoms with Gasteiger partial charge in [-0.25, -0.2) is 0 Å². The first-order chi connectivity index (χ1) is 33.0. The zero-order valence-electron chi connectivity index (χ0n) is 46.5. The number of aliphatic carboxylic acids is 1. The van der Waals surface area contributed by atoms with E-state index < -0.39 is 47.0 Å². The lowest BCUT2D eigenvalue weighted by Gasteiger charge is -2.39. The highest BCUT2D eigenvalue weighted by Crippen LogP contribution is 2.28. The Kier molecular flexibility index (Phi) is 31.4. The van der Waals surface area contributed by atoms with Crippen LogP contribution in [0.1, 0.15) is 147 Å². The highest BCUT2D eigenvalue weighted by atomic mass is 16.6. The van der Waals surface area contributed by atoms with Gasteiger partial charge in [-0.3, -0.25) is 28.8 Å². The number of likely N-dealkylation sites (N-methyl/N-ethyl adjacent to an activating group) is 2. The Morgan fingerprint density at radius 3 is 1.28 bits per heavy atom. The van der Waals surface area contributed by atoms with Gasteiger partial charge in [0.15, 0.2) is 0 Å². The van der Waals surface area contributed by atoms with Crippen molar-refractivity contribution in [3.63, 3.8) is 0 Å². The summed E-state index contributed by atoms with van der Waals surface area (Å²) < 4.78 is 32.5. The number of ether oxygens (including phenoxy) is 6. The van der Waals surface area contributed by atoms with E-state index in [0.29, 0.717) is 5.92 Å². The van der Waals surface area contributed by atoms with Gasteiger partial charge >= 0.3 is 29.8 Å². The zero-order valence-corrected chi connectivity index (χ0v) is 46.5. The average Bonchev–Trinajstić information content (AvgIpc) is 3.29. The summed E-state index contributed by atoms with van der Waals surface area (Å²) in [5.74, 6) is -3.47. The lowest BCUT2D eigenvalue weighted by Crippen LogP contribution is -2.52. The van der Waals surface area contributed by atoms with Gasteiger partial charge in [0.25, 0.3) is 0 Å². The number of amides is 1. The molecule has 0 heterocycles. The molecule has 0 bridgehead atoms. The molecule has 71 heavy (non-hydrogen) atoms. The fraction of sp³-hybridized carbons (Fsp3) is 0.679. The molecule has 1 unspecified atom stereocenters. The summed E-state index contributed by atoms with van der Waals surface area (Å²) in [4.78, 5) is 74.8. The minimum absolute atomic E-state index is 0.00931. The number of carbonyl (C=O) groups is 6. The molecular weight excluding hydrogens is 909 g/mol. The molecule has 0 fully saturated rings. The van der Waals surface area contributed by atoms with Crippen LogP contribution in [0.3, 0.4) is 0 Å². The predicted octanol–water partition coefficient (Wildman–Crippen LogP) is 9.86. The number of hydrogen-bond acceptors (Lipinski definition) is 13. The van der Waals surface area contributed by atoms with E-state index in [9.17, 15) is 28.8 Å². The summed E-state index contributed by atoms with van der Waals surface area (Å²) in [5.41, 5.74) is 0.738. The van der Waals surface area contributed by atoms with Crippen LogP contribution >= 0.6 is 0 Å². The number of nitrogens with zero attached hydrogens (tertiary/aromatic N) is 1. The van der Waals surface area contributed by atoms with Crippen molar-refractivity contribution < 1.29 is 62.3 Å². The monoisotopic (exact) mass is 1000 g/mol. The maximum atomic E-state index is 13.6. The fourth-order valence-electron chi connectivity index (χ4n) is 7.70. The number of carboxylic acid groups (broad SMARTS) is 1. The molecule has 15 heteroatoms. The van der Waals surface area contributed by atoms with Crippen LogP contribution in [-0.4, -0.2) is 110 Å². The largest absolute Gasteiger partial charge is 0.481 e. The molecule has 0 saturated carbocycles. The van der Waals surface area contributed by atoms with Crippen LogP contribution in [-0.2, 0) is 70.4 Å². The predicted molar refractivity (Wildman–Crippen MR) is 277 cm³/mol. The van der Waals surface area contributed by atoms with Crippen molar-refractivity contribution in [1.29, 1.82) is 0 Å². The van der Waals surface area contributed by atoms with E-state index in [1.54, 1.807) is 40.0 Å². The number of esters is 4. The van der Waals surface area contributed by atoms with Crippen LogP contribution < -0.4 is 5.32 Å². The van der Waals surface area contributed by atoms with Gasteiger partial charge in [-0.15, -0.1) is 0 Å². The molecule has 15 nitrogen and oxygen atoms in total. The number of nitrogens with one attached hydrogen (secondary N) is 1. The van der Waals surface area contributed by atoms with Crippen molar-refractivity contribution in [2.24, 2.45) is 35.5 Å². The summed E-state index contributed by atoms with van der Waals surface area (Å²) in [6, 6.07) is 18.6. The highest BCUT2D eigenvalue weighted by molar-refractivity contribution is 5.84. The lowest BCUT2D eigenvalue weighted by molar-refractivity contribution is -0.161. The van der Waals surface area contributed by atoms with Gasteiger partial charge < -0.3 is 43.7 Å². The number of hydrogen-bond donors (Lipinski definition) is 2. The van der Waals surface area contributed by atoms with Crippen molar-refractivity contribution >= 4 is 35.8 Å². The maximum Gasteiger partial charge on any atom is 0.309 e. The number of rotatable bonds is 26. The normalized spacial score (nSPS) is 14.9. The van der Waals surface area contributed by atoms with Crippen LogP contribution in [0.5, 0.6) is 0 Å². The van der Waals surface area contributed by atoms with Gasteiger partial charge in [0.2, 0.25) is 5.91 Å². The lowest BCUT2D eigenvalue weighted by atomic mass is 9.87. The minimum atomic E-state index is -0.957. The molecule has 2 rings (SSSR count). The third-order valence-corrected chi connectivity index (χ3v) is 12.1. The Bertz CT molecular complexity index is 1840. The Hall–Kier alpha value is -4.86. The molecule has 0 radical (unpaired) electrons. The molecule has 2 N–H and O–H groups in total. The first kappa shape index (κ1) is 66.1. The number of benzene rings is 2. The molecule has 2 aromatic carbocycles. The number of carboxylic acids is 1. The van der Waals surface area contributed by atoms with Crippen LogP contribution in [0.15, 0.2) is 60.7 Å². The third kappa shape index (κ3) is 27.5. The molecule has 1 amide bonds. The van der Waals surface area contributed by atoms with Crippen LogP contribution in [0, 0.1) is 35.5 Å². The summed E-state index contributed by atoms with van der Waals surface area (Å²) in [6.07, 6.45) is 1.37. The smallest absolute Gasteiger partial charge is 0.309 e. The second-order valence-corrected chi connectivity index (χ2v) is 20.9. The molecule has 0 aliphatic carbocycles. The van der Waals surface area contributed by atoms with Crippen molar-refractivity contribution in [2.45, 2.75) is 184 Å². The highest BCUT2D eigenvalue weighted by Gasteiger charge is 2.39. The second kappa shape index (κ2) is 33.7. The van der Waals surface area contributed by atoms with Crippen molar-refractivity contribution in [3.8, 4) is 0 Å². The molecule has 404 valence electrons. The van der Waals surface area contributed by atoms with E-state index >= 15 is 0 Å². The molecule has 8 atom stereocenters. The SMILES string of the molecule is CC(C)[C@H](CC(=O)OCc1ccccc1)C(=O)O.CC[C@H](C)[C@@H]([C@@H](CC(=O)OC(C)(C)C)OC)N(C)C(=O)C(CC(=O)OCc1ccccc1)C(C)C.CC[C@H](C)[C@H](NC)[C@@H](CC(=O)OC(C)(C)C)OC. The molecule has 0 aromatic heterocycles. The van der Waals surface area contributed by atoms with Crippen LogP contribution in [0.2, 0.25) is 0 Å². The van der Waals surface area contributed by atoms with Gasteiger partial charge in [-0.1, -0.05) is 129 Å². The first-order valence-corrected chi connectivity index (χ1v) is 25.1. The van der Waals surface area contributed by atoms with E-state index in [1.165, 1.54) is 0 Å². The molecule has 0 spiro atoms. The van der Waals surface area contributed by atoms with E-state index in [4.69, 9.17) is 33.5 Å². The zero-order chi connectivity index (χ0) is 54.6. The van der Waals surface area contributed by atoms with E-state index in [-0.39, 0.29) is 92.7 Å². The first-order valence-electron chi connectivity index (χ1n) is 25.1. The van der Waals surface area contributed by atoms with Gasteiger partial charge in [-0.2, -0.15) is 0 Å². The standard InChI is InChI=1S/C28H45NO6.C14H29NO3.C14H18O4/c1-10-20(4)26(23(33-9)17-25(31)35-28(5,6)7)29(8)27(32)22(19(2)3)16-24(30)34-18-21-14-12-11-13-15-21;1-8-10(2)13(15-6)11(17-7)9-12(16)18-14(3,4)5;1-10(2)12(14(16)17)8-13(15)18-9-11-6-4-3-5-7-11/h11-15,19-20,22-23,26H,10,16-18H2,1-9H3;10-11,13,15H,8-9H2,1-7H3;3-7,10,12H,8-9H2,1-2H3,(H,16,17)/t20-,22?,23+,26-;10-,11+,13-;12-/m000/s1. The summed E-state index contributed by atoms with van der Waals surface area (Å²) in [6.45, 7) is 27.2. The average molecular weight is 1000 g/mol. The van der Waals surface area contributed by atoms with Crippen LogP contribution in [0.25, 0.3) is 0 Å². The van der Waals surface area contributed by atoms with Gasteiger partial charge in [-0.05, 0) is 83.4 Å². The Morgan fingerprint density at radius 2 is 0.958 bits per heavy atom. The van der Waals surface area contributed by atoms with Gasteiger partial charge in [0.1, 0.15) is 24.4 Å². The summed E-state index contributed by atoms with van der Waals surface area (Å²) in [5, 5.41) is 12.2. The quantitative estimate of drug-likeness (QED) is 0.0668. The van der Waals surface area contributed by atoms with E-state index in [2.05, 4.69) is 19.2 Å². The molecule has 0 aliphatic heterocycles. The van der Waals surface area contributed by atoms with E-state index in [1.807, 2.05) is 137 Å². The summed E-state index contributed by atoms with van der Waals surface area (Å²) >= 11 is 0. The minimum Gasteiger partial charge on any atom is -0.481 e. The Labute approximate surface area is 426 Å². The Morgan fingerprint density at radius 1 is 0.577 bits per heavy atom. The number of carbonyl (C=O) groups excluding carboxylic acids is 5. The van der Waals surface area contributed by atoms with Crippen molar-refractivity contribution in [3.05, 3.63) is 71.8 Å². The fourth-order valence-corrected chi connectivity index (χ4v) is 7.70. The van der Waals surface area contributed by atoms with Crippen molar-refractivity contribution in [1.82, 2.24) is 10.2 Å². The second-order valence-electron chi connectivity index (χ2n) is 20.9. The number of methoxy groups -OCH3 is 2.